The Balaban J connectivity index is 1.92. The highest BCUT2D eigenvalue weighted by atomic mass is 16.5. The molecule has 0 spiro atoms. The van der Waals surface area contributed by atoms with E-state index < -0.39 is 0 Å². The first-order valence-electron chi connectivity index (χ1n) is 7.58. The summed E-state index contributed by atoms with van der Waals surface area (Å²) in [5.74, 6) is 0. The van der Waals surface area contributed by atoms with Gasteiger partial charge in [0.05, 0.1) is 18.6 Å². The largest absolute Gasteiger partial charge is 0.377 e. The van der Waals surface area contributed by atoms with Gasteiger partial charge >= 0.3 is 0 Å². The number of nitrogens with zero attached hydrogens (tertiary/aromatic N) is 2. The van der Waals surface area contributed by atoms with Gasteiger partial charge in [0, 0.05) is 31.9 Å². The zero-order valence-electron chi connectivity index (χ0n) is 13.2. The SMILES string of the molecule is CCOCc1ccccc1CNCc1cncn1C(C)C. The summed E-state index contributed by atoms with van der Waals surface area (Å²) in [6, 6.07) is 8.86. The number of hydrogen-bond donors (Lipinski definition) is 1. The molecule has 0 amide bonds. The van der Waals surface area contributed by atoms with Gasteiger partial charge in [0.15, 0.2) is 0 Å². The summed E-state index contributed by atoms with van der Waals surface area (Å²) in [7, 11) is 0. The van der Waals surface area contributed by atoms with E-state index in [1.807, 2.05) is 19.4 Å². The second kappa shape index (κ2) is 7.96. The minimum absolute atomic E-state index is 0.439. The Morgan fingerprint density at radius 1 is 1.19 bits per heavy atom. The summed E-state index contributed by atoms with van der Waals surface area (Å²) >= 11 is 0. The van der Waals surface area contributed by atoms with Gasteiger partial charge < -0.3 is 14.6 Å². The van der Waals surface area contributed by atoms with Crippen molar-refractivity contribution in [2.45, 2.75) is 46.5 Å². The van der Waals surface area contributed by atoms with Crippen molar-refractivity contribution in [2.75, 3.05) is 6.61 Å². The van der Waals surface area contributed by atoms with Crippen LogP contribution in [0.3, 0.4) is 0 Å². The predicted molar refractivity (Wildman–Crippen MR) is 84.9 cm³/mol. The Hall–Kier alpha value is -1.65. The van der Waals surface area contributed by atoms with E-state index in [9.17, 15) is 0 Å². The van der Waals surface area contributed by atoms with Crippen LogP contribution in [0, 0.1) is 0 Å². The molecule has 0 saturated carbocycles. The van der Waals surface area contributed by atoms with Crippen LogP contribution in [0.25, 0.3) is 0 Å². The lowest BCUT2D eigenvalue weighted by atomic mass is 10.1. The maximum atomic E-state index is 5.52. The zero-order chi connectivity index (χ0) is 15.1. The van der Waals surface area contributed by atoms with E-state index in [0.29, 0.717) is 12.6 Å². The van der Waals surface area contributed by atoms with E-state index in [4.69, 9.17) is 4.74 Å². The van der Waals surface area contributed by atoms with Gasteiger partial charge in [0.25, 0.3) is 0 Å². The van der Waals surface area contributed by atoms with Gasteiger partial charge in [-0.15, -0.1) is 0 Å². The highest BCUT2D eigenvalue weighted by Crippen LogP contribution is 2.12. The molecule has 114 valence electrons. The number of rotatable bonds is 8. The first kappa shape index (κ1) is 15.7. The first-order chi connectivity index (χ1) is 10.2. The van der Waals surface area contributed by atoms with Gasteiger partial charge in [0.2, 0.25) is 0 Å². The summed E-state index contributed by atoms with van der Waals surface area (Å²) in [6.45, 7) is 9.44. The quantitative estimate of drug-likeness (QED) is 0.809. The molecule has 4 nitrogen and oxygen atoms in total. The Morgan fingerprint density at radius 3 is 2.67 bits per heavy atom. The molecule has 0 radical (unpaired) electrons. The van der Waals surface area contributed by atoms with Gasteiger partial charge in [-0.05, 0) is 31.9 Å². The van der Waals surface area contributed by atoms with E-state index in [1.54, 1.807) is 0 Å². The number of ether oxygens (including phenoxy) is 1. The molecule has 4 heteroatoms. The average Bonchev–Trinajstić information content (AvgIpc) is 2.95. The molecule has 0 bridgehead atoms. The molecule has 1 aromatic carbocycles. The van der Waals surface area contributed by atoms with Gasteiger partial charge in [-0.25, -0.2) is 4.98 Å². The lowest BCUT2D eigenvalue weighted by molar-refractivity contribution is 0.133. The molecule has 0 unspecified atom stereocenters. The minimum Gasteiger partial charge on any atom is -0.377 e. The van der Waals surface area contributed by atoms with Gasteiger partial charge in [-0.2, -0.15) is 0 Å². The molecule has 0 aliphatic rings. The summed E-state index contributed by atoms with van der Waals surface area (Å²) in [6.07, 6.45) is 3.82. The van der Waals surface area contributed by atoms with Crippen molar-refractivity contribution in [1.82, 2.24) is 14.9 Å². The third kappa shape index (κ3) is 4.41. The van der Waals surface area contributed by atoms with Gasteiger partial charge in [0.1, 0.15) is 0 Å². The standard InChI is InChI=1S/C17H25N3O/c1-4-21-12-16-8-6-5-7-15(16)9-18-10-17-11-19-13-20(17)14(2)3/h5-8,11,13-14,18H,4,9-10,12H2,1-3H3. The lowest BCUT2D eigenvalue weighted by Crippen LogP contribution is -2.17. The highest BCUT2D eigenvalue weighted by Gasteiger charge is 2.06. The Morgan fingerprint density at radius 2 is 1.95 bits per heavy atom. The maximum Gasteiger partial charge on any atom is 0.0951 e. The zero-order valence-corrected chi connectivity index (χ0v) is 13.2. The van der Waals surface area contributed by atoms with E-state index in [0.717, 1.165) is 19.7 Å². The smallest absolute Gasteiger partial charge is 0.0951 e. The predicted octanol–water partition coefficient (Wildman–Crippen LogP) is 3.29. The molecule has 21 heavy (non-hydrogen) atoms. The maximum absolute atomic E-state index is 5.52. The Kier molecular flexibility index (Phi) is 5.96. The summed E-state index contributed by atoms with van der Waals surface area (Å²) in [5, 5.41) is 3.50. The number of hydrogen-bond acceptors (Lipinski definition) is 3. The van der Waals surface area contributed by atoms with Crippen LogP contribution in [0.1, 0.15) is 43.6 Å². The molecule has 1 heterocycles. The Bertz CT molecular complexity index is 548. The number of nitrogens with one attached hydrogen (secondary N) is 1. The van der Waals surface area contributed by atoms with Crippen LogP contribution in [-0.4, -0.2) is 16.2 Å². The van der Waals surface area contributed by atoms with Crippen LogP contribution in [0.2, 0.25) is 0 Å². The molecule has 2 rings (SSSR count). The molecule has 0 aliphatic heterocycles. The van der Waals surface area contributed by atoms with Crippen LogP contribution >= 0.6 is 0 Å². The highest BCUT2D eigenvalue weighted by molar-refractivity contribution is 5.26. The number of imidazole rings is 1. The topological polar surface area (TPSA) is 39.1 Å². The van der Waals surface area contributed by atoms with Crippen molar-refractivity contribution in [3.05, 3.63) is 53.6 Å². The van der Waals surface area contributed by atoms with Crippen LogP contribution in [0.15, 0.2) is 36.8 Å². The number of benzene rings is 1. The van der Waals surface area contributed by atoms with Crippen LogP contribution in [0.4, 0.5) is 0 Å². The van der Waals surface area contributed by atoms with Crippen molar-refractivity contribution in [2.24, 2.45) is 0 Å². The van der Waals surface area contributed by atoms with E-state index in [-0.39, 0.29) is 0 Å². The minimum atomic E-state index is 0.439. The molecule has 0 saturated heterocycles. The molecular weight excluding hydrogens is 262 g/mol. The second-order valence-electron chi connectivity index (χ2n) is 5.40. The van der Waals surface area contributed by atoms with Crippen LogP contribution in [-0.2, 0) is 24.4 Å². The Labute approximate surface area is 127 Å². The summed E-state index contributed by atoms with van der Waals surface area (Å²) in [4.78, 5) is 4.23. The monoisotopic (exact) mass is 287 g/mol. The van der Waals surface area contributed by atoms with Crippen molar-refractivity contribution < 1.29 is 4.74 Å². The lowest BCUT2D eigenvalue weighted by Gasteiger charge is -2.13. The third-order valence-electron chi connectivity index (χ3n) is 3.50. The number of aromatic nitrogens is 2. The van der Waals surface area contributed by atoms with Crippen molar-refractivity contribution in [3.8, 4) is 0 Å². The van der Waals surface area contributed by atoms with Gasteiger partial charge in [-0.1, -0.05) is 24.3 Å². The molecule has 0 atom stereocenters. The first-order valence-corrected chi connectivity index (χ1v) is 7.58. The van der Waals surface area contributed by atoms with Crippen molar-refractivity contribution in [3.63, 3.8) is 0 Å². The molecule has 0 aliphatic carbocycles. The molecule has 0 fully saturated rings. The average molecular weight is 287 g/mol. The summed E-state index contributed by atoms with van der Waals surface area (Å²) < 4.78 is 7.71. The molecular formula is C17H25N3O. The molecule has 1 aromatic heterocycles. The molecule has 1 N–H and O–H groups in total. The second-order valence-corrected chi connectivity index (χ2v) is 5.40. The van der Waals surface area contributed by atoms with E-state index in [2.05, 4.69) is 53.0 Å². The molecule has 2 aromatic rings. The van der Waals surface area contributed by atoms with Crippen molar-refractivity contribution in [1.29, 1.82) is 0 Å². The summed E-state index contributed by atoms with van der Waals surface area (Å²) in [5.41, 5.74) is 3.76. The normalized spacial score (nSPS) is 11.2. The fourth-order valence-corrected chi connectivity index (χ4v) is 2.34. The van der Waals surface area contributed by atoms with Crippen LogP contribution < -0.4 is 5.32 Å². The van der Waals surface area contributed by atoms with Gasteiger partial charge in [-0.3, -0.25) is 0 Å². The van der Waals surface area contributed by atoms with Crippen LogP contribution in [0.5, 0.6) is 0 Å². The van der Waals surface area contributed by atoms with E-state index >= 15 is 0 Å². The van der Waals surface area contributed by atoms with Crippen molar-refractivity contribution >= 4 is 0 Å². The fraction of sp³-hybridized carbons (Fsp3) is 0.471. The van der Waals surface area contributed by atoms with E-state index in [1.165, 1.54) is 16.8 Å². The third-order valence-corrected chi connectivity index (χ3v) is 3.50. The fourth-order valence-electron chi connectivity index (χ4n) is 2.34.